The molecule has 4 aromatic rings. The van der Waals surface area contributed by atoms with Crippen LogP contribution in [-0.4, -0.2) is 50.1 Å². The van der Waals surface area contributed by atoms with Crippen molar-refractivity contribution in [2.24, 2.45) is 0 Å². The van der Waals surface area contributed by atoms with Gasteiger partial charge in [-0.15, -0.1) is 5.10 Å². The summed E-state index contributed by atoms with van der Waals surface area (Å²) < 4.78 is 6.48. The third-order valence-electron chi connectivity index (χ3n) is 5.90. The monoisotopic (exact) mass is 475 g/mol. The minimum absolute atomic E-state index is 0.0697. The molecule has 9 nitrogen and oxygen atoms in total. The van der Waals surface area contributed by atoms with Crippen LogP contribution in [0.1, 0.15) is 48.0 Å². The molecule has 0 radical (unpaired) electrons. The van der Waals surface area contributed by atoms with Crippen LogP contribution in [0.5, 0.6) is 5.75 Å². The minimum atomic E-state index is -0.941. The number of amides is 1. The second-order valence-electron chi connectivity index (χ2n) is 9.55. The molecular formula is C26H29N5O4. The fourth-order valence-electron chi connectivity index (χ4n) is 3.90. The van der Waals surface area contributed by atoms with Crippen LogP contribution in [0.15, 0.2) is 54.9 Å². The Morgan fingerprint density at radius 1 is 1.17 bits per heavy atom. The Balaban J connectivity index is 1.46. The van der Waals surface area contributed by atoms with E-state index in [0.29, 0.717) is 6.54 Å². The van der Waals surface area contributed by atoms with Crippen LogP contribution < -0.4 is 5.32 Å². The van der Waals surface area contributed by atoms with Crippen molar-refractivity contribution in [3.63, 3.8) is 0 Å². The Hall–Kier alpha value is -4.14. The molecule has 1 atom stereocenters. The molecule has 35 heavy (non-hydrogen) atoms. The highest BCUT2D eigenvalue weighted by Crippen LogP contribution is 2.24. The van der Waals surface area contributed by atoms with Gasteiger partial charge in [-0.25, -0.2) is 9.48 Å². The number of phenolic OH excluding ortho intramolecular Hbond substituents is 1. The average molecular weight is 476 g/mol. The number of benzene rings is 2. The number of nitrogens with zero attached hydrogens (tertiary/aromatic N) is 3. The Labute approximate surface area is 203 Å². The third kappa shape index (κ3) is 5.51. The Bertz CT molecular complexity index is 1350. The first-order chi connectivity index (χ1) is 16.6. The number of nitrogens with one attached hydrogen (secondary N) is 2. The molecule has 0 fully saturated rings. The van der Waals surface area contributed by atoms with Crippen molar-refractivity contribution in [3.05, 3.63) is 77.2 Å². The molecule has 0 saturated heterocycles. The maximum Gasteiger partial charge on any atom is 0.328 e. The topological polar surface area (TPSA) is 122 Å². The number of hydrogen-bond acceptors (Lipinski definition) is 6. The van der Waals surface area contributed by atoms with E-state index < -0.39 is 17.9 Å². The van der Waals surface area contributed by atoms with Crippen molar-refractivity contribution in [2.45, 2.75) is 45.2 Å². The standard InChI is InChI=1S/C26H29N5O4/c1-26(2,3)18-7-5-16(6-8-18)14-31-15-23(29-30-31)24(33)28-22(25(34)35-4)11-17-13-27-21-10-9-19(32)12-20(17)21/h5-10,12-13,15,22,27,32H,11,14H2,1-4H3,(H,28,33)/t22-/m1/s1. The second kappa shape index (κ2) is 9.61. The summed E-state index contributed by atoms with van der Waals surface area (Å²) in [5, 5.41) is 21.3. The van der Waals surface area contributed by atoms with Crippen LogP contribution in [0.2, 0.25) is 0 Å². The first-order valence-corrected chi connectivity index (χ1v) is 11.3. The van der Waals surface area contributed by atoms with E-state index in [0.717, 1.165) is 22.0 Å². The highest BCUT2D eigenvalue weighted by Gasteiger charge is 2.25. The number of H-pyrrole nitrogens is 1. The second-order valence-corrected chi connectivity index (χ2v) is 9.55. The number of ether oxygens (including phenoxy) is 1. The molecular weight excluding hydrogens is 446 g/mol. The zero-order chi connectivity index (χ0) is 25.2. The van der Waals surface area contributed by atoms with Crippen molar-refractivity contribution < 1.29 is 19.4 Å². The number of aromatic amines is 1. The number of rotatable bonds is 7. The fraction of sp³-hybridized carbons (Fsp3) is 0.308. The van der Waals surface area contributed by atoms with E-state index in [-0.39, 0.29) is 23.3 Å². The van der Waals surface area contributed by atoms with Crippen LogP contribution in [-0.2, 0) is 27.9 Å². The largest absolute Gasteiger partial charge is 0.508 e. The smallest absolute Gasteiger partial charge is 0.328 e. The summed E-state index contributed by atoms with van der Waals surface area (Å²) in [6.45, 7) is 6.95. The molecule has 0 spiro atoms. The van der Waals surface area contributed by atoms with E-state index in [1.165, 1.54) is 12.7 Å². The van der Waals surface area contributed by atoms with Crippen molar-refractivity contribution in [2.75, 3.05) is 7.11 Å². The van der Waals surface area contributed by atoms with E-state index in [4.69, 9.17) is 4.74 Å². The minimum Gasteiger partial charge on any atom is -0.508 e. The summed E-state index contributed by atoms with van der Waals surface area (Å²) in [5.41, 5.74) is 4.01. The van der Waals surface area contributed by atoms with E-state index >= 15 is 0 Å². The Kier molecular flexibility index (Phi) is 6.59. The number of hydrogen-bond donors (Lipinski definition) is 3. The summed E-state index contributed by atoms with van der Waals surface area (Å²) in [6.07, 6.45) is 3.47. The molecule has 4 rings (SSSR count). The molecule has 2 aromatic heterocycles. The highest BCUT2D eigenvalue weighted by atomic mass is 16.5. The highest BCUT2D eigenvalue weighted by molar-refractivity contribution is 5.95. The van der Waals surface area contributed by atoms with Crippen molar-refractivity contribution in [3.8, 4) is 5.75 Å². The maximum absolute atomic E-state index is 12.9. The van der Waals surface area contributed by atoms with Gasteiger partial charge in [0.2, 0.25) is 0 Å². The average Bonchev–Trinajstić information content (AvgIpc) is 3.45. The number of fused-ring (bicyclic) bond motifs is 1. The molecule has 182 valence electrons. The van der Waals surface area contributed by atoms with Crippen LogP contribution in [0.25, 0.3) is 10.9 Å². The van der Waals surface area contributed by atoms with Gasteiger partial charge in [-0.05, 0) is 40.3 Å². The van der Waals surface area contributed by atoms with E-state index in [1.807, 2.05) is 12.1 Å². The SMILES string of the molecule is COC(=O)[C@@H](Cc1c[nH]c2ccc(O)cc12)NC(=O)c1cn(Cc2ccc(C(C)(C)C)cc2)nn1. The lowest BCUT2D eigenvalue weighted by Crippen LogP contribution is -2.43. The van der Waals surface area contributed by atoms with Gasteiger partial charge in [0.05, 0.1) is 19.9 Å². The zero-order valence-corrected chi connectivity index (χ0v) is 20.2. The number of carbonyl (C=O) groups excluding carboxylic acids is 2. The molecule has 0 saturated carbocycles. The number of esters is 1. The van der Waals surface area contributed by atoms with E-state index in [1.54, 1.807) is 35.3 Å². The molecule has 0 unspecified atom stereocenters. The number of methoxy groups -OCH3 is 1. The lowest BCUT2D eigenvalue weighted by molar-refractivity contribution is -0.142. The normalized spacial score (nSPS) is 12.5. The molecule has 2 aromatic carbocycles. The number of aromatic hydroxyl groups is 1. The predicted molar refractivity (Wildman–Crippen MR) is 131 cm³/mol. The number of aromatic nitrogens is 4. The predicted octanol–water partition coefficient (Wildman–Crippen LogP) is 3.32. The lowest BCUT2D eigenvalue weighted by atomic mass is 9.87. The number of carbonyl (C=O) groups is 2. The van der Waals surface area contributed by atoms with Crippen molar-refractivity contribution in [1.29, 1.82) is 0 Å². The van der Waals surface area contributed by atoms with Gasteiger partial charge in [-0.2, -0.15) is 0 Å². The molecule has 1 amide bonds. The zero-order valence-electron chi connectivity index (χ0n) is 20.2. The third-order valence-corrected chi connectivity index (χ3v) is 5.90. The molecule has 3 N–H and O–H groups in total. The molecule has 9 heteroatoms. The van der Waals surface area contributed by atoms with Gasteiger partial charge in [0.1, 0.15) is 11.8 Å². The molecule has 0 aliphatic carbocycles. The first kappa shape index (κ1) is 24.0. The maximum atomic E-state index is 12.9. The van der Waals surface area contributed by atoms with E-state index in [2.05, 4.69) is 53.5 Å². The van der Waals surface area contributed by atoms with Gasteiger partial charge in [0, 0.05) is 23.5 Å². The Morgan fingerprint density at radius 3 is 2.60 bits per heavy atom. The van der Waals surface area contributed by atoms with Gasteiger partial charge in [-0.3, -0.25) is 4.79 Å². The molecule has 0 bridgehead atoms. The van der Waals surface area contributed by atoms with Gasteiger partial charge >= 0.3 is 5.97 Å². The number of phenols is 1. The molecule has 0 aliphatic heterocycles. The lowest BCUT2D eigenvalue weighted by Gasteiger charge is -2.19. The van der Waals surface area contributed by atoms with Crippen LogP contribution in [0, 0.1) is 0 Å². The summed E-state index contributed by atoms with van der Waals surface area (Å²) >= 11 is 0. The quantitative estimate of drug-likeness (QED) is 0.353. The van der Waals surface area contributed by atoms with Gasteiger partial charge in [0.25, 0.3) is 5.91 Å². The summed E-state index contributed by atoms with van der Waals surface area (Å²) in [5.74, 6) is -1.00. The Morgan fingerprint density at radius 2 is 1.91 bits per heavy atom. The summed E-state index contributed by atoms with van der Waals surface area (Å²) in [4.78, 5) is 28.4. The fourth-order valence-corrected chi connectivity index (χ4v) is 3.90. The summed E-state index contributed by atoms with van der Waals surface area (Å²) in [7, 11) is 1.27. The van der Waals surface area contributed by atoms with E-state index in [9.17, 15) is 14.7 Å². The van der Waals surface area contributed by atoms with Gasteiger partial charge < -0.3 is 20.1 Å². The van der Waals surface area contributed by atoms with Crippen LogP contribution >= 0.6 is 0 Å². The summed E-state index contributed by atoms with van der Waals surface area (Å²) in [6, 6.07) is 12.2. The van der Waals surface area contributed by atoms with Gasteiger partial charge in [-0.1, -0.05) is 50.3 Å². The molecule has 0 aliphatic rings. The van der Waals surface area contributed by atoms with Crippen LogP contribution in [0.3, 0.4) is 0 Å². The van der Waals surface area contributed by atoms with Gasteiger partial charge in [0.15, 0.2) is 5.69 Å². The first-order valence-electron chi connectivity index (χ1n) is 11.3. The van der Waals surface area contributed by atoms with Crippen molar-refractivity contribution in [1.82, 2.24) is 25.3 Å². The van der Waals surface area contributed by atoms with Crippen LogP contribution in [0.4, 0.5) is 0 Å². The van der Waals surface area contributed by atoms with Crippen molar-refractivity contribution >= 4 is 22.8 Å². The molecule has 2 heterocycles.